The molecule has 94 valence electrons. The zero-order valence-electron chi connectivity index (χ0n) is 10.5. The van der Waals surface area contributed by atoms with E-state index < -0.39 is 5.97 Å². The van der Waals surface area contributed by atoms with Crippen LogP contribution in [0.2, 0.25) is 0 Å². The van der Waals surface area contributed by atoms with Gasteiger partial charge in [0.2, 0.25) is 0 Å². The van der Waals surface area contributed by atoms with E-state index in [1.165, 1.54) is 12.6 Å². The molecule has 0 amide bonds. The molecule has 3 rings (SSSR count). The molecule has 0 bridgehead atoms. The van der Waals surface area contributed by atoms with Crippen LogP contribution in [0.4, 0.5) is 5.82 Å². The molecule has 1 atom stereocenters. The van der Waals surface area contributed by atoms with Crippen molar-refractivity contribution in [2.24, 2.45) is 0 Å². The molecule has 0 unspecified atom stereocenters. The van der Waals surface area contributed by atoms with Crippen LogP contribution in [0.3, 0.4) is 0 Å². The van der Waals surface area contributed by atoms with Crippen molar-refractivity contribution in [3.8, 4) is 0 Å². The first kappa shape index (κ1) is 12.0. The van der Waals surface area contributed by atoms with E-state index in [-0.39, 0.29) is 0 Å². The average Bonchev–Trinajstić information content (AvgIpc) is 2.44. The van der Waals surface area contributed by atoms with Crippen LogP contribution in [0.25, 0.3) is 10.9 Å². The summed E-state index contributed by atoms with van der Waals surface area (Å²) in [6.45, 7) is 3.19. The van der Waals surface area contributed by atoms with Crippen molar-refractivity contribution < 1.29 is 9.45 Å². The minimum Gasteiger partial charge on any atom is -0.540 e. The average molecular weight is 253 g/mol. The van der Waals surface area contributed by atoms with Crippen LogP contribution < -0.4 is 4.90 Å². The van der Waals surface area contributed by atoms with E-state index >= 15 is 0 Å². The lowest BCUT2D eigenvalue weighted by Crippen LogP contribution is -2.46. The van der Waals surface area contributed by atoms with Gasteiger partial charge in [0.25, 0.3) is 0 Å². The molecule has 0 aromatic carbocycles. The zero-order chi connectivity index (χ0) is 13.4. The van der Waals surface area contributed by atoms with Gasteiger partial charge in [0.15, 0.2) is 0 Å². The van der Waals surface area contributed by atoms with Crippen LogP contribution in [0.1, 0.15) is 23.7 Å². The van der Waals surface area contributed by atoms with Gasteiger partial charge >= 0.3 is 14.0 Å². The maximum atomic E-state index is 11.3. The molecular weight excluding hydrogens is 241 g/mol. The first-order chi connectivity index (χ1) is 9.19. The number of carbonyl (C=O) groups excluding carboxylic acids is 1. The number of anilines is 1. The Morgan fingerprint density at radius 3 is 2.89 bits per heavy atom. The Balaban J connectivity index is 1.98. The number of rotatable bonds is 2. The number of nitrogens with zero attached hydrogens (tertiary/aromatic N) is 3. The Morgan fingerprint density at radius 1 is 1.42 bits per heavy atom. The molecule has 2 aromatic heterocycles. The van der Waals surface area contributed by atoms with Gasteiger partial charge in [-0.05, 0) is 19.4 Å². The molecular formula is C13H12BN3O2. The molecule has 6 heteroatoms. The van der Waals surface area contributed by atoms with E-state index in [1.54, 1.807) is 12.3 Å². The van der Waals surface area contributed by atoms with E-state index in [4.69, 9.17) is 8.05 Å². The van der Waals surface area contributed by atoms with Crippen molar-refractivity contribution in [3.63, 3.8) is 0 Å². The Morgan fingerprint density at radius 2 is 2.26 bits per heavy atom. The third kappa shape index (κ3) is 2.03. The minimum absolute atomic E-state index is 0.321. The monoisotopic (exact) mass is 253 g/mol. The van der Waals surface area contributed by atoms with Crippen molar-refractivity contribution in [1.29, 1.82) is 0 Å². The van der Waals surface area contributed by atoms with Gasteiger partial charge in [0, 0.05) is 36.4 Å². The number of hydrogen-bond donors (Lipinski definition) is 0. The molecule has 1 fully saturated rings. The molecule has 19 heavy (non-hydrogen) atoms. The standard InChI is InChI=1S/C13H12BN3O2/c1-8-2-3-17(8)12-5-11-9(6-16-12)4-10(7-15-11)13(18)19-14/h4-8H,2-3H2,1H3/t8-/m0/s1. The van der Waals surface area contributed by atoms with Crippen LogP contribution in [0.15, 0.2) is 24.5 Å². The normalized spacial score (nSPS) is 18.2. The highest BCUT2D eigenvalue weighted by Gasteiger charge is 2.24. The second-order valence-electron chi connectivity index (χ2n) is 4.70. The van der Waals surface area contributed by atoms with Gasteiger partial charge in [-0.25, -0.2) is 9.78 Å². The summed E-state index contributed by atoms with van der Waals surface area (Å²) in [4.78, 5) is 22.2. The number of carbonyl (C=O) groups is 1. The number of aromatic nitrogens is 2. The molecule has 2 aromatic rings. The van der Waals surface area contributed by atoms with Gasteiger partial charge < -0.3 is 9.55 Å². The third-order valence-electron chi connectivity index (χ3n) is 3.51. The van der Waals surface area contributed by atoms with Gasteiger partial charge in [-0.15, -0.1) is 0 Å². The number of pyridine rings is 2. The quantitative estimate of drug-likeness (QED) is 0.758. The first-order valence-electron chi connectivity index (χ1n) is 6.12. The predicted molar refractivity (Wildman–Crippen MR) is 72.1 cm³/mol. The van der Waals surface area contributed by atoms with E-state index in [1.807, 2.05) is 6.07 Å². The highest BCUT2D eigenvalue weighted by atomic mass is 16.5. The van der Waals surface area contributed by atoms with E-state index in [9.17, 15) is 4.79 Å². The molecule has 0 N–H and O–H groups in total. The highest BCUT2D eigenvalue weighted by Crippen LogP contribution is 2.26. The largest absolute Gasteiger partial charge is 0.540 e. The summed E-state index contributed by atoms with van der Waals surface area (Å²) < 4.78 is 4.18. The van der Waals surface area contributed by atoms with Crippen molar-refractivity contribution in [2.75, 3.05) is 11.4 Å². The summed E-state index contributed by atoms with van der Waals surface area (Å²) in [7, 11) is 4.85. The SMILES string of the molecule is [B]OC(=O)c1cnc2cc(N3CC[C@@H]3C)ncc2c1. The van der Waals surface area contributed by atoms with Crippen LogP contribution in [0.5, 0.6) is 0 Å². The van der Waals surface area contributed by atoms with Crippen LogP contribution in [-0.4, -0.2) is 36.6 Å². The fourth-order valence-electron chi connectivity index (χ4n) is 2.21. The van der Waals surface area contributed by atoms with E-state index in [0.717, 1.165) is 23.3 Å². The van der Waals surface area contributed by atoms with Crippen LogP contribution >= 0.6 is 0 Å². The molecule has 1 aliphatic heterocycles. The van der Waals surface area contributed by atoms with Gasteiger partial charge in [-0.3, -0.25) is 4.98 Å². The summed E-state index contributed by atoms with van der Waals surface area (Å²) >= 11 is 0. The van der Waals surface area contributed by atoms with Crippen LogP contribution in [0, 0.1) is 0 Å². The molecule has 5 nitrogen and oxygen atoms in total. The number of fused-ring (bicyclic) bond motifs is 1. The molecule has 3 heterocycles. The van der Waals surface area contributed by atoms with Gasteiger partial charge in [0.1, 0.15) is 5.82 Å². The molecule has 0 saturated carbocycles. The Hall–Kier alpha value is -2.11. The fraction of sp³-hybridized carbons (Fsp3) is 0.308. The lowest BCUT2D eigenvalue weighted by molar-refractivity contribution is 0.0749. The minimum atomic E-state index is -0.602. The lowest BCUT2D eigenvalue weighted by Gasteiger charge is -2.39. The molecule has 0 aliphatic carbocycles. The molecule has 1 saturated heterocycles. The predicted octanol–water partition coefficient (Wildman–Crippen LogP) is 1.47. The summed E-state index contributed by atoms with van der Waals surface area (Å²) in [5.41, 5.74) is 1.12. The highest BCUT2D eigenvalue weighted by molar-refractivity contribution is 6.09. The van der Waals surface area contributed by atoms with Crippen molar-refractivity contribution in [2.45, 2.75) is 19.4 Å². The molecule has 0 spiro atoms. The maximum Gasteiger partial charge on any atom is 0.378 e. The van der Waals surface area contributed by atoms with Gasteiger partial charge in [-0.1, -0.05) is 0 Å². The zero-order valence-corrected chi connectivity index (χ0v) is 10.5. The van der Waals surface area contributed by atoms with Crippen molar-refractivity contribution in [3.05, 3.63) is 30.1 Å². The second kappa shape index (κ2) is 4.53. The molecule has 2 radical (unpaired) electrons. The Bertz CT molecular complexity index is 647. The third-order valence-corrected chi connectivity index (χ3v) is 3.51. The Labute approximate surface area is 112 Å². The van der Waals surface area contributed by atoms with E-state index in [0.29, 0.717) is 11.6 Å². The summed E-state index contributed by atoms with van der Waals surface area (Å²) in [5, 5.41) is 0.792. The van der Waals surface area contributed by atoms with Gasteiger partial charge in [0.05, 0.1) is 11.1 Å². The van der Waals surface area contributed by atoms with Crippen molar-refractivity contribution in [1.82, 2.24) is 9.97 Å². The number of hydrogen-bond acceptors (Lipinski definition) is 5. The summed E-state index contributed by atoms with van der Waals surface area (Å²) in [6.07, 6.45) is 4.37. The topological polar surface area (TPSA) is 55.3 Å². The lowest BCUT2D eigenvalue weighted by atomic mass is 10.1. The molecule has 1 aliphatic rings. The van der Waals surface area contributed by atoms with Gasteiger partial charge in [-0.2, -0.15) is 0 Å². The summed E-state index contributed by atoms with van der Waals surface area (Å²) in [6, 6.07) is 4.13. The maximum absolute atomic E-state index is 11.3. The smallest absolute Gasteiger partial charge is 0.378 e. The van der Waals surface area contributed by atoms with E-state index in [2.05, 4.69) is 26.4 Å². The summed E-state index contributed by atoms with van der Waals surface area (Å²) in [5.74, 6) is 0.322. The van der Waals surface area contributed by atoms with Crippen molar-refractivity contribution >= 4 is 30.7 Å². The first-order valence-corrected chi connectivity index (χ1v) is 6.12. The fourth-order valence-corrected chi connectivity index (χ4v) is 2.21. The Kier molecular flexibility index (Phi) is 2.85. The second-order valence-corrected chi connectivity index (χ2v) is 4.70. The van der Waals surface area contributed by atoms with Crippen LogP contribution in [-0.2, 0) is 4.65 Å².